The van der Waals surface area contributed by atoms with Crippen LogP contribution in [0.15, 0.2) is 0 Å². The highest BCUT2D eigenvalue weighted by Crippen LogP contribution is 2.03. The van der Waals surface area contributed by atoms with Crippen LogP contribution in [0, 0.1) is 0 Å². The molecule has 0 aromatic carbocycles. The molecule has 12 heavy (non-hydrogen) atoms. The van der Waals surface area contributed by atoms with Crippen molar-refractivity contribution in [2.45, 2.75) is 27.7 Å². The molecule has 0 aliphatic carbocycles. The van der Waals surface area contributed by atoms with Gasteiger partial charge in [-0.15, -0.1) is 0 Å². The van der Waals surface area contributed by atoms with Gasteiger partial charge in [-0.3, -0.25) is 0 Å². The largest absolute Gasteiger partial charge is 0.323 e. The van der Waals surface area contributed by atoms with E-state index in [1.807, 2.05) is 0 Å². The lowest BCUT2D eigenvalue weighted by molar-refractivity contribution is -0.922. The molecule has 0 aliphatic heterocycles. The molecule has 0 amide bonds. The molecule has 2 nitrogen and oxygen atoms in total. The maximum atomic E-state index is 3.39. The van der Waals surface area contributed by atoms with Gasteiger partial charge >= 0.3 is 0 Å². The number of nitrogens with zero attached hydrogens (tertiary/aromatic N) is 1. The Hall–Kier alpha value is -0.0800. The van der Waals surface area contributed by atoms with Crippen LogP contribution in [0.1, 0.15) is 27.7 Å². The van der Waals surface area contributed by atoms with Crippen LogP contribution in [-0.2, 0) is 0 Å². The Morgan fingerprint density at radius 1 is 0.917 bits per heavy atom. The zero-order valence-electron chi connectivity index (χ0n) is 9.19. The minimum atomic E-state index is 1.09. The van der Waals surface area contributed by atoms with Crippen LogP contribution < -0.4 is 5.32 Å². The van der Waals surface area contributed by atoms with Crippen LogP contribution >= 0.6 is 0 Å². The number of hydrogen-bond acceptors (Lipinski definition) is 1. The second-order valence-electron chi connectivity index (χ2n) is 3.37. The molecule has 0 unspecified atom stereocenters. The van der Waals surface area contributed by atoms with Crippen LogP contribution in [0.3, 0.4) is 0 Å². The monoisotopic (exact) mass is 173 g/mol. The Morgan fingerprint density at radius 3 is 1.75 bits per heavy atom. The van der Waals surface area contributed by atoms with E-state index in [9.17, 15) is 0 Å². The highest BCUT2D eigenvalue weighted by atomic mass is 15.3. The molecule has 0 saturated carbocycles. The molecule has 0 rings (SSSR count). The molecular formula is C10H25N2+. The predicted molar refractivity (Wildman–Crippen MR) is 55.3 cm³/mol. The van der Waals surface area contributed by atoms with Gasteiger partial charge in [0.2, 0.25) is 0 Å². The van der Waals surface area contributed by atoms with Gasteiger partial charge in [0.25, 0.3) is 0 Å². The van der Waals surface area contributed by atoms with Gasteiger partial charge in [0.15, 0.2) is 0 Å². The first-order valence-electron chi connectivity index (χ1n) is 5.30. The minimum Gasteiger partial charge on any atom is -0.323 e. The summed E-state index contributed by atoms with van der Waals surface area (Å²) in [6.45, 7) is 16.4. The fourth-order valence-electron chi connectivity index (χ4n) is 1.64. The lowest BCUT2D eigenvalue weighted by Gasteiger charge is -2.35. The lowest BCUT2D eigenvalue weighted by Crippen LogP contribution is -2.50. The smallest absolute Gasteiger partial charge is 0.0913 e. The second kappa shape index (κ2) is 6.44. The number of hydrogen-bond donors (Lipinski definition) is 1. The SMILES string of the molecule is CCNCC[N+](CC)(CC)CC. The van der Waals surface area contributed by atoms with Gasteiger partial charge in [0.1, 0.15) is 0 Å². The van der Waals surface area contributed by atoms with E-state index in [-0.39, 0.29) is 0 Å². The number of nitrogens with one attached hydrogen (secondary N) is 1. The van der Waals surface area contributed by atoms with Gasteiger partial charge in [-0.05, 0) is 27.3 Å². The molecule has 2 heteroatoms. The van der Waals surface area contributed by atoms with Crippen molar-refractivity contribution in [2.75, 3.05) is 39.3 Å². The van der Waals surface area contributed by atoms with Crippen molar-refractivity contribution >= 4 is 0 Å². The first-order valence-corrected chi connectivity index (χ1v) is 5.30. The van der Waals surface area contributed by atoms with E-state index >= 15 is 0 Å². The molecule has 0 aromatic heterocycles. The summed E-state index contributed by atoms with van der Waals surface area (Å²) < 4.78 is 1.26. The van der Waals surface area contributed by atoms with Gasteiger partial charge in [-0.1, -0.05) is 6.92 Å². The summed E-state index contributed by atoms with van der Waals surface area (Å²) in [6.07, 6.45) is 0. The Morgan fingerprint density at radius 2 is 1.42 bits per heavy atom. The third kappa shape index (κ3) is 3.55. The zero-order chi connectivity index (χ0) is 9.45. The fourth-order valence-corrected chi connectivity index (χ4v) is 1.64. The van der Waals surface area contributed by atoms with E-state index in [0.717, 1.165) is 13.1 Å². The molecule has 0 aliphatic rings. The molecule has 0 aromatic rings. The maximum Gasteiger partial charge on any atom is 0.0913 e. The van der Waals surface area contributed by atoms with Gasteiger partial charge in [0.05, 0.1) is 26.2 Å². The van der Waals surface area contributed by atoms with Crippen LogP contribution in [0.2, 0.25) is 0 Å². The molecule has 0 atom stereocenters. The van der Waals surface area contributed by atoms with Crippen molar-refractivity contribution in [3.05, 3.63) is 0 Å². The highest BCUT2D eigenvalue weighted by Gasteiger charge is 2.18. The number of quaternary nitrogens is 1. The van der Waals surface area contributed by atoms with Crippen LogP contribution in [0.5, 0.6) is 0 Å². The Balaban J connectivity index is 3.76. The fraction of sp³-hybridized carbons (Fsp3) is 1.00. The summed E-state index contributed by atoms with van der Waals surface area (Å²) in [5, 5.41) is 3.39. The number of rotatable bonds is 7. The van der Waals surface area contributed by atoms with Crippen LogP contribution in [0.4, 0.5) is 0 Å². The Bertz CT molecular complexity index is 89.7. The average molecular weight is 173 g/mol. The maximum absolute atomic E-state index is 3.39. The zero-order valence-corrected chi connectivity index (χ0v) is 9.19. The highest BCUT2D eigenvalue weighted by molar-refractivity contribution is 4.44. The second-order valence-corrected chi connectivity index (χ2v) is 3.37. The normalized spacial score (nSPS) is 12.0. The van der Waals surface area contributed by atoms with Gasteiger partial charge in [0, 0.05) is 6.54 Å². The van der Waals surface area contributed by atoms with E-state index in [1.165, 1.54) is 30.7 Å². The third-order valence-corrected chi connectivity index (χ3v) is 3.03. The summed E-state index contributed by atoms with van der Waals surface area (Å²) in [7, 11) is 0. The molecule has 0 spiro atoms. The summed E-state index contributed by atoms with van der Waals surface area (Å²) in [5.41, 5.74) is 0. The van der Waals surface area contributed by atoms with Crippen molar-refractivity contribution in [1.82, 2.24) is 5.32 Å². The summed E-state index contributed by atoms with van der Waals surface area (Å²) in [6, 6.07) is 0. The number of likely N-dealkylation sites (N-methyl/N-ethyl adjacent to an activating group) is 2. The molecule has 0 fully saturated rings. The van der Waals surface area contributed by atoms with Gasteiger partial charge in [-0.2, -0.15) is 0 Å². The molecule has 1 N–H and O–H groups in total. The van der Waals surface area contributed by atoms with E-state index < -0.39 is 0 Å². The summed E-state index contributed by atoms with van der Waals surface area (Å²) in [5.74, 6) is 0. The molecule has 0 bridgehead atoms. The molecule has 74 valence electrons. The van der Waals surface area contributed by atoms with Crippen molar-refractivity contribution in [3.8, 4) is 0 Å². The van der Waals surface area contributed by atoms with Crippen LogP contribution in [0.25, 0.3) is 0 Å². The van der Waals surface area contributed by atoms with E-state index in [0.29, 0.717) is 0 Å². The summed E-state index contributed by atoms with van der Waals surface area (Å²) in [4.78, 5) is 0. The molecular weight excluding hydrogens is 148 g/mol. The molecule has 0 radical (unpaired) electrons. The Labute approximate surface area is 77.5 Å². The van der Waals surface area contributed by atoms with Crippen molar-refractivity contribution in [2.24, 2.45) is 0 Å². The third-order valence-electron chi connectivity index (χ3n) is 3.03. The predicted octanol–water partition coefficient (Wildman–Crippen LogP) is 1.47. The molecule has 0 heterocycles. The standard InChI is InChI=1S/C10H25N2/c1-5-11-9-10-12(6-2,7-3)8-4/h11H,5-10H2,1-4H3/q+1. The van der Waals surface area contributed by atoms with Crippen molar-refractivity contribution in [1.29, 1.82) is 0 Å². The first kappa shape index (κ1) is 11.9. The van der Waals surface area contributed by atoms with E-state index in [1.54, 1.807) is 0 Å². The summed E-state index contributed by atoms with van der Waals surface area (Å²) >= 11 is 0. The van der Waals surface area contributed by atoms with Crippen LogP contribution in [-0.4, -0.2) is 43.8 Å². The lowest BCUT2D eigenvalue weighted by atomic mass is 10.3. The van der Waals surface area contributed by atoms with Gasteiger partial charge in [-0.25, -0.2) is 0 Å². The minimum absolute atomic E-state index is 1.09. The first-order chi connectivity index (χ1) is 5.74. The molecule has 0 saturated heterocycles. The average Bonchev–Trinajstić information content (AvgIpc) is 2.14. The van der Waals surface area contributed by atoms with E-state index in [4.69, 9.17) is 0 Å². The van der Waals surface area contributed by atoms with Crippen molar-refractivity contribution < 1.29 is 4.48 Å². The topological polar surface area (TPSA) is 12.0 Å². The Kier molecular flexibility index (Phi) is 6.39. The van der Waals surface area contributed by atoms with E-state index in [2.05, 4.69) is 33.0 Å². The van der Waals surface area contributed by atoms with Gasteiger partial charge < -0.3 is 9.80 Å². The quantitative estimate of drug-likeness (QED) is 0.454. The van der Waals surface area contributed by atoms with Crippen molar-refractivity contribution in [3.63, 3.8) is 0 Å².